The minimum absolute atomic E-state index is 0. The van der Waals surface area contributed by atoms with Gasteiger partial charge in [0.15, 0.2) is 11.5 Å². The van der Waals surface area contributed by atoms with Crippen molar-refractivity contribution in [3.05, 3.63) is 48.0 Å². The van der Waals surface area contributed by atoms with Crippen molar-refractivity contribution in [2.45, 2.75) is 20.0 Å². The number of ether oxygens (including phenoxy) is 3. The van der Waals surface area contributed by atoms with Crippen LogP contribution in [-0.2, 0) is 17.8 Å². The second kappa shape index (κ2) is 12.7. The summed E-state index contributed by atoms with van der Waals surface area (Å²) in [5.74, 6) is 2.40. The molecule has 1 fully saturated rings. The minimum Gasteiger partial charge on any atom is -0.493 e. The number of aromatic nitrogens is 2. The molecule has 176 valence electrons. The lowest BCUT2D eigenvalue weighted by Crippen LogP contribution is -2.38. The number of hydrogen-bond acceptors (Lipinski definition) is 6. The van der Waals surface area contributed by atoms with Crippen LogP contribution < -0.4 is 14.8 Å². The summed E-state index contributed by atoms with van der Waals surface area (Å²) in [4.78, 5) is 7.28. The maximum atomic E-state index is 5.62. The van der Waals surface area contributed by atoms with Gasteiger partial charge >= 0.3 is 0 Å². The normalized spacial score (nSPS) is 13.8. The summed E-state index contributed by atoms with van der Waals surface area (Å²) in [7, 11) is 1.67. The van der Waals surface area contributed by atoms with Crippen molar-refractivity contribution in [3.8, 4) is 11.5 Å². The van der Waals surface area contributed by atoms with Crippen molar-refractivity contribution < 1.29 is 14.2 Å². The van der Waals surface area contributed by atoms with Gasteiger partial charge in [-0.15, -0.1) is 24.8 Å². The summed E-state index contributed by atoms with van der Waals surface area (Å²) in [6.07, 6.45) is 0. The Morgan fingerprint density at radius 2 is 1.81 bits per heavy atom. The fourth-order valence-corrected chi connectivity index (χ4v) is 3.78. The molecule has 2 aromatic carbocycles. The SMILES string of the molecule is CCOc1ccc(CNc2nc3ccccc3n2CCN2CCOCC2)cc1OC.Cl.Cl. The number of nitrogens with zero attached hydrogens (tertiary/aromatic N) is 3. The zero-order chi connectivity index (χ0) is 20.8. The molecular formula is C23H32Cl2N4O3. The molecule has 1 aliphatic rings. The number of para-hydroxylation sites is 2. The van der Waals surface area contributed by atoms with Gasteiger partial charge in [0.1, 0.15) is 0 Å². The largest absolute Gasteiger partial charge is 0.493 e. The number of nitrogens with one attached hydrogen (secondary N) is 1. The minimum atomic E-state index is 0. The lowest BCUT2D eigenvalue weighted by Gasteiger charge is -2.27. The topological polar surface area (TPSA) is 60.8 Å². The molecule has 0 bridgehead atoms. The van der Waals surface area contributed by atoms with E-state index in [0.29, 0.717) is 13.2 Å². The van der Waals surface area contributed by atoms with Crippen LogP contribution in [0.4, 0.5) is 5.95 Å². The number of fused-ring (bicyclic) bond motifs is 1. The second-order valence-corrected chi connectivity index (χ2v) is 7.30. The zero-order valence-corrected chi connectivity index (χ0v) is 20.2. The van der Waals surface area contributed by atoms with Crippen LogP contribution in [0.1, 0.15) is 12.5 Å². The average Bonchev–Trinajstić information content (AvgIpc) is 3.15. The molecule has 0 unspecified atom stereocenters. The molecule has 1 aromatic heterocycles. The number of benzene rings is 2. The number of morpholine rings is 1. The van der Waals surface area contributed by atoms with Gasteiger partial charge in [0, 0.05) is 32.7 Å². The summed E-state index contributed by atoms with van der Waals surface area (Å²) >= 11 is 0. The quantitative estimate of drug-likeness (QED) is 0.492. The van der Waals surface area contributed by atoms with E-state index >= 15 is 0 Å². The first-order valence-corrected chi connectivity index (χ1v) is 10.6. The fourth-order valence-electron chi connectivity index (χ4n) is 3.78. The van der Waals surface area contributed by atoms with E-state index in [4.69, 9.17) is 19.2 Å². The van der Waals surface area contributed by atoms with Crippen molar-refractivity contribution in [1.82, 2.24) is 14.5 Å². The third kappa shape index (κ3) is 6.19. The van der Waals surface area contributed by atoms with Gasteiger partial charge < -0.3 is 24.1 Å². The molecule has 0 aliphatic carbocycles. The van der Waals surface area contributed by atoms with Crippen LogP contribution in [0, 0.1) is 0 Å². The molecule has 2 heterocycles. The monoisotopic (exact) mass is 482 g/mol. The predicted molar refractivity (Wildman–Crippen MR) is 133 cm³/mol. The van der Waals surface area contributed by atoms with Gasteiger partial charge in [-0.1, -0.05) is 18.2 Å². The molecule has 1 N–H and O–H groups in total. The molecule has 1 saturated heterocycles. The van der Waals surface area contributed by atoms with Gasteiger partial charge in [0.2, 0.25) is 5.95 Å². The first-order valence-electron chi connectivity index (χ1n) is 10.6. The number of imidazole rings is 1. The maximum absolute atomic E-state index is 5.62. The van der Waals surface area contributed by atoms with Gasteiger partial charge in [-0.3, -0.25) is 4.90 Å². The van der Waals surface area contributed by atoms with E-state index in [2.05, 4.69) is 39.0 Å². The molecule has 7 nitrogen and oxygen atoms in total. The fraction of sp³-hybridized carbons (Fsp3) is 0.435. The molecule has 0 amide bonds. The maximum Gasteiger partial charge on any atom is 0.204 e. The number of methoxy groups -OCH3 is 1. The average molecular weight is 483 g/mol. The van der Waals surface area contributed by atoms with Crippen LogP contribution in [0.15, 0.2) is 42.5 Å². The second-order valence-electron chi connectivity index (χ2n) is 7.30. The zero-order valence-electron chi connectivity index (χ0n) is 18.6. The molecule has 32 heavy (non-hydrogen) atoms. The highest BCUT2D eigenvalue weighted by Crippen LogP contribution is 2.28. The molecule has 0 atom stereocenters. The Kier molecular flexibility index (Phi) is 10.4. The van der Waals surface area contributed by atoms with Gasteiger partial charge in [0.05, 0.1) is 38.0 Å². The van der Waals surface area contributed by atoms with E-state index in [0.717, 1.165) is 73.4 Å². The number of hydrogen-bond donors (Lipinski definition) is 1. The summed E-state index contributed by atoms with van der Waals surface area (Å²) in [5.41, 5.74) is 3.27. The molecular weight excluding hydrogens is 451 g/mol. The summed E-state index contributed by atoms with van der Waals surface area (Å²) in [6.45, 7) is 8.71. The van der Waals surface area contributed by atoms with Crippen molar-refractivity contribution in [1.29, 1.82) is 0 Å². The van der Waals surface area contributed by atoms with Gasteiger partial charge in [0.25, 0.3) is 0 Å². The standard InChI is InChI=1S/C23H30N4O3.2ClH/c1-3-30-21-9-8-18(16-22(21)28-2)17-24-23-25-19-6-4-5-7-20(19)27(23)11-10-26-12-14-29-15-13-26;;/h4-9,16H,3,10-15,17H2,1-2H3,(H,24,25);2*1H. The summed E-state index contributed by atoms with van der Waals surface area (Å²) < 4.78 is 18.8. The molecule has 1 aliphatic heterocycles. The van der Waals surface area contributed by atoms with Crippen molar-refractivity contribution in [2.75, 3.05) is 51.9 Å². The van der Waals surface area contributed by atoms with Crippen LogP contribution in [-0.4, -0.2) is 61.0 Å². The molecule has 0 spiro atoms. The lowest BCUT2D eigenvalue weighted by atomic mass is 10.2. The Hall–Kier alpha value is -2.19. The first kappa shape index (κ1) is 26.1. The van der Waals surface area contributed by atoms with E-state index in [1.54, 1.807) is 7.11 Å². The molecule has 9 heteroatoms. The third-order valence-corrected chi connectivity index (χ3v) is 5.38. The van der Waals surface area contributed by atoms with Crippen LogP contribution in [0.5, 0.6) is 11.5 Å². The van der Waals surface area contributed by atoms with E-state index < -0.39 is 0 Å². The van der Waals surface area contributed by atoms with Crippen LogP contribution in [0.2, 0.25) is 0 Å². The molecule has 0 saturated carbocycles. The van der Waals surface area contributed by atoms with Gasteiger partial charge in [-0.25, -0.2) is 4.98 Å². The first-order chi connectivity index (χ1) is 14.8. The Morgan fingerprint density at radius 1 is 1.03 bits per heavy atom. The molecule has 3 aromatic rings. The van der Waals surface area contributed by atoms with Crippen molar-refractivity contribution >= 4 is 41.8 Å². The number of anilines is 1. The number of halogens is 2. The Labute approximate surface area is 201 Å². The smallest absolute Gasteiger partial charge is 0.204 e. The van der Waals surface area contributed by atoms with E-state index in [9.17, 15) is 0 Å². The van der Waals surface area contributed by atoms with Crippen LogP contribution >= 0.6 is 24.8 Å². The highest BCUT2D eigenvalue weighted by molar-refractivity contribution is 5.85. The van der Waals surface area contributed by atoms with Crippen LogP contribution in [0.3, 0.4) is 0 Å². The third-order valence-electron chi connectivity index (χ3n) is 5.38. The molecule has 4 rings (SSSR count). The van der Waals surface area contributed by atoms with Crippen molar-refractivity contribution in [2.24, 2.45) is 0 Å². The number of rotatable bonds is 9. The highest BCUT2D eigenvalue weighted by Gasteiger charge is 2.14. The van der Waals surface area contributed by atoms with E-state index in [-0.39, 0.29) is 24.8 Å². The van der Waals surface area contributed by atoms with Crippen molar-refractivity contribution in [3.63, 3.8) is 0 Å². The van der Waals surface area contributed by atoms with Gasteiger partial charge in [-0.2, -0.15) is 0 Å². The van der Waals surface area contributed by atoms with Gasteiger partial charge in [-0.05, 0) is 36.8 Å². The van der Waals surface area contributed by atoms with Crippen LogP contribution in [0.25, 0.3) is 11.0 Å². The van der Waals surface area contributed by atoms with E-state index in [1.165, 1.54) is 0 Å². The molecule has 0 radical (unpaired) electrons. The Balaban J connectivity index is 0.00000181. The predicted octanol–water partition coefficient (Wildman–Crippen LogP) is 4.23. The summed E-state index contributed by atoms with van der Waals surface area (Å²) in [6, 6.07) is 14.3. The lowest BCUT2D eigenvalue weighted by molar-refractivity contribution is 0.0366. The summed E-state index contributed by atoms with van der Waals surface area (Å²) in [5, 5.41) is 3.52. The Morgan fingerprint density at radius 3 is 2.56 bits per heavy atom. The highest BCUT2D eigenvalue weighted by atomic mass is 35.5. The van der Waals surface area contributed by atoms with E-state index in [1.807, 2.05) is 25.1 Å². The Bertz CT molecular complexity index is 977.